The molecule has 0 N–H and O–H groups in total. The molecule has 4 heterocycles. The van der Waals surface area contributed by atoms with E-state index in [1.165, 1.54) is 5.06 Å². The molecule has 3 aliphatic rings. The van der Waals surface area contributed by atoms with E-state index in [4.69, 9.17) is 18.7 Å². The number of urea groups is 1. The van der Waals surface area contributed by atoms with Gasteiger partial charge in [-0.2, -0.15) is 5.06 Å². The van der Waals surface area contributed by atoms with Gasteiger partial charge in [0.1, 0.15) is 17.2 Å². The lowest BCUT2D eigenvalue weighted by atomic mass is 10.0. The average Bonchev–Trinajstić information content (AvgIpc) is 3.46. The van der Waals surface area contributed by atoms with Gasteiger partial charge in [0.25, 0.3) is 0 Å². The Bertz CT molecular complexity index is 1090. The molecule has 0 radical (unpaired) electrons. The van der Waals surface area contributed by atoms with Crippen molar-refractivity contribution in [3.8, 4) is 0 Å². The molecule has 3 saturated heterocycles. The van der Waals surface area contributed by atoms with Gasteiger partial charge in [-0.1, -0.05) is 13.3 Å². The first-order chi connectivity index (χ1) is 19.8. The van der Waals surface area contributed by atoms with Crippen LogP contribution in [0.5, 0.6) is 0 Å². The number of hydrogen-bond donors (Lipinski definition) is 0. The number of amides is 4. The van der Waals surface area contributed by atoms with Crippen molar-refractivity contribution in [2.24, 2.45) is 0 Å². The number of piperidine rings is 2. The summed E-state index contributed by atoms with van der Waals surface area (Å²) >= 11 is 0. The first-order valence-electron chi connectivity index (χ1n) is 15.3. The zero-order valence-electron chi connectivity index (χ0n) is 26.3. The Balaban J connectivity index is 1.37. The van der Waals surface area contributed by atoms with Crippen LogP contribution in [0.3, 0.4) is 0 Å². The molecule has 4 rings (SSSR count). The third kappa shape index (κ3) is 8.05. The fraction of sp³-hybridized carbons (Fsp3) is 0.828. The van der Waals surface area contributed by atoms with Crippen LogP contribution in [0.15, 0.2) is 4.42 Å². The van der Waals surface area contributed by atoms with Gasteiger partial charge in [-0.15, -0.1) is 10.2 Å². The van der Waals surface area contributed by atoms with E-state index in [1.807, 2.05) is 41.5 Å². The smallest absolute Gasteiger partial charge is 0.410 e. The van der Waals surface area contributed by atoms with E-state index in [0.717, 1.165) is 19.3 Å². The lowest BCUT2D eigenvalue weighted by molar-refractivity contribution is -0.130. The second-order valence-electron chi connectivity index (χ2n) is 13.4. The number of unbranched alkanes of at least 4 members (excludes halogenated alkanes) is 1. The first-order valence-corrected chi connectivity index (χ1v) is 15.3. The topological polar surface area (TPSA) is 131 Å². The Hall–Kier alpha value is -3.09. The van der Waals surface area contributed by atoms with E-state index in [1.54, 1.807) is 14.7 Å². The molecule has 0 spiro atoms. The summed E-state index contributed by atoms with van der Waals surface area (Å²) in [7, 11) is 0. The van der Waals surface area contributed by atoms with Gasteiger partial charge >= 0.3 is 18.2 Å². The van der Waals surface area contributed by atoms with E-state index in [2.05, 4.69) is 17.1 Å². The summed E-state index contributed by atoms with van der Waals surface area (Å²) in [5.41, 5.74) is -1.22. The fourth-order valence-corrected chi connectivity index (χ4v) is 5.51. The first kappa shape index (κ1) is 31.8. The third-order valence-corrected chi connectivity index (χ3v) is 7.57. The van der Waals surface area contributed by atoms with Crippen LogP contribution in [0.25, 0.3) is 0 Å². The molecule has 236 valence electrons. The molecule has 13 nitrogen and oxygen atoms in total. The molecular weight excluding hydrogens is 544 g/mol. The van der Waals surface area contributed by atoms with Gasteiger partial charge in [0.15, 0.2) is 0 Å². The lowest BCUT2D eigenvalue weighted by Gasteiger charge is -2.39. The summed E-state index contributed by atoms with van der Waals surface area (Å²) in [6, 6.07) is -0.532. The van der Waals surface area contributed by atoms with Crippen LogP contribution in [0, 0.1) is 0 Å². The van der Waals surface area contributed by atoms with Crippen molar-refractivity contribution >= 4 is 18.2 Å². The summed E-state index contributed by atoms with van der Waals surface area (Å²) in [6.07, 6.45) is 4.20. The molecule has 1 aromatic rings. The van der Waals surface area contributed by atoms with Crippen LogP contribution in [0.2, 0.25) is 0 Å². The number of hydrogen-bond acceptors (Lipinski definition) is 9. The molecule has 0 saturated carbocycles. The van der Waals surface area contributed by atoms with Crippen molar-refractivity contribution < 1.29 is 33.1 Å². The number of hydroxylamine groups is 2. The van der Waals surface area contributed by atoms with Gasteiger partial charge < -0.3 is 28.6 Å². The predicted molar refractivity (Wildman–Crippen MR) is 152 cm³/mol. The lowest BCUT2D eigenvalue weighted by Crippen LogP contribution is -2.51. The Morgan fingerprint density at radius 3 is 2.33 bits per heavy atom. The molecule has 1 aromatic heterocycles. The Morgan fingerprint density at radius 1 is 1.00 bits per heavy atom. The van der Waals surface area contributed by atoms with Crippen LogP contribution >= 0.6 is 0 Å². The Labute approximate surface area is 248 Å². The molecule has 2 atom stereocenters. The monoisotopic (exact) mass is 592 g/mol. The maximum Gasteiger partial charge on any atom is 0.410 e. The average molecular weight is 593 g/mol. The molecule has 3 fully saturated rings. The van der Waals surface area contributed by atoms with E-state index < -0.39 is 17.3 Å². The maximum atomic E-state index is 13.3. The van der Waals surface area contributed by atoms with Crippen LogP contribution in [-0.2, 0) is 20.7 Å². The van der Waals surface area contributed by atoms with Gasteiger partial charge in [0.05, 0.1) is 12.6 Å². The number of carbonyl (C=O) groups excluding carboxylic acids is 3. The van der Waals surface area contributed by atoms with Crippen molar-refractivity contribution in [3.63, 3.8) is 0 Å². The summed E-state index contributed by atoms with van der Waals surface area (Å²) < 4.78 is 17.3. The number of likely N-dealkylation sites (tertiary alicyclic amines) is 1. The Kier molecular flexibility index (Phi) is 9.89. The minimum absolute atomic E-state index is 0.0390. The summed E-state index contributed by atoms with van der Waals surface area (Å²) in [6.45, 7) is 15.5. The molecule has 3 aliphatic heterocycles. The molecular formula is C29H48N6O7. The minimum atomic E-state index is -0.653. The zero-order valence-corrected chi connectivity index (χ0v) is 26.3. The highest BCUT2D eigenvalue weighted by Crippen LogP contribution is 2.38. The number of aromatic nitrogens is 2. The summed E-state index contributed by atoms with van der Waals surface area (Å²) in [4.78, 5) is 49.7. The van der Waals surface area contributed by atoms with Gasteiger partial charge in [0, 0.05) is 38.6 Å². The summed E-state index contributed by atoms with van der Waals surface area (Å²) in [5.74, 6) is 0.802. The van der Waals surface area contributed by atoms with Crippen molar-refractivity contribution in [1.29, 1.82) is 0 Å². The molecule has 42 heavy (non-hydrogen) atoms. The second kappa shape index (κ2) is 13.0. The summed E-state index contributed by atoms with van der Waals surface area (Å²) in [5, 5.41) is 10.0. The zero-order chi connectivity index (χ0) is 30.7. The number of rotatable bonds is 9. The highest BCUT2D eigenvalue weighted by Gasteiger charge is 2.47. The van der Waals surface area contributed by atoms with Crippen molar-refractivity contribution in [2.75, 3.05) is 32.8 Å². The van der Waals surface area contributed by atoms with Crippen LogP contribution < -0.4 is 0 Å². The Morgan fingerprint density at radius 2 is 1.69 bits per heavy atom. The highest BCUT2D eigenvalue weighted by atomic mass is 16.7. The highest BCUT2D eigenvalue weighted by molar-refractivity contribution is 5.77. The number of fused-ring (bicyclic) bond motifs is 2. The standard InChI is InChI=1S/C29H48N6O7/c1-8-9-18-39-35-21-10-11-22(34(19-21)25(35)36)24-31-30-23(40-24)14-17-33(27(38)42-29(5,6)7)20-12-15-32(16-13-20)26(37)41-28(2,3)4/h20-22H,8-19H2,1-7H3/t21-,22-/m0/s1. The molecule has 0 aliphatic carbocycles. The molecule has 4 amide bonds. The third-order valence-electron chi connectivity index (χ3n) is 7.57. The van der Waals surface area contributed by atoms with E-state index >= 15 is 0 Å². The van der Waals surface area contributed by atoms with Gasteiger partial charge in [-0.05, 0) is 73.6 Å². The van der Waals surface area contributed by atoms with Crippen molar-refractivity contribution in [3.05, 3.63) is 11.8 Å². The number of ether oxygens (including phenoxy) is 2. The SMILES string of the molecule is CCCCON1C(=O)N2C[C@@H]1CC[C@H]2c1nnc(CCN(C(=O)OC(C)(C)C)C2CCN(C(=O)OC(C)(C)C)CC2)o1. The van der Waals surface area contributed by atoms with Crippen LogP contribution in [-0.4, -0.2) is 104 Å². The van der Waals surface area contributed by atoms with Gasteiger partial charge in [-0.3, -0.25) is 4.84 Å². The number of nitrogens with zero attached hydrogens (tertiary/aromatic N) is 6. The second-order valence-corrected chi connectivity index (χ2v) is 13.4. The van der Waals surface area contributed by atoms with Gasteiger partial charge in [0.2, 0.25) is 11.8 Å². The van der Waals surface area contributed by atoms with E-state index in [-0.39, 0.29) is 30.2 Å². The largest absolute Gasteiger partial charge is 0.444 e. The van der Waals surface area contributed by atoms with Gasteiger partial charge in [-0.25, -0.2) is 14.4 Å². The molecule has 0 aromatic carbocycles. The number of carbonyl (C=O) groups is 3. The van der Waals surface area contributed by atoms with Crippen molar-refractivity contribution in [2.45, 2.75) is 123 Å². The molecule has 0 unspecified atom stereocenters. The van der Waals surface area contributed by atoms with E-state index in [9.17, 15) is 14.4 Å². The van der Waals surface area contributed by atoms with Crippen molar-refractivity contribution in [1.82, 2.24) is 30.0 Å². The predicted octanol–water partition coefficient (Wildman–Crippen LogP) is 4.92. The molecule has 13 heteroatoms. The quantitative estimate of drug-likeness (QED) is 0.367. The van der Waals surface area contributed by atoms with E-state index in [0.29, 0.717) is 70.3 Å². The fourth-order valence-electron chi connectivity index (χ4n) is 5.51. The van der Waals surface area contributed by atoms with Crippen LogP contribution in [0.4, 0.5) is 14.4 Å². The maximum absolute atomic E-state index is 13.3. The normalized spacial score (nSPS) is 21.6. The molecule has 2 bridgehead atoms. The van der Waals surface area contributed by atoms with Crippen LogP contribution in [0.1, 0.15) is 105 Å². The minimum Gasteiger partial charge on any atom is -0.444 e.